The molecule has 1 aromatic heterocycles. The number of amides is 1. The molecule has 0 aliphatic carbocycles. The molecule has 1 heterocycles. The minimum absolute atomic E-state index is 0.245. The molecule has 0 aliphatic heterocycles. The average molecular weight is 434 g/mol. The molecule has 154 valence electrons. The second-order valence-corrected chi connectivity index (χ2v) is 6.91. The Morgan fingerprint density at radius 2 is 1.61 bits per heavy atom. The number of H-pyrrole nitrogens is 2. The summed E-state index contributed by atoms with van der Waals surface area (Å²) >= 11 is 5.03. The monoisotopic (exact) mass is 434 g/mol. The number of hydrogen-bond acceptors (Lipinski definition) is 5. The second-order valence-electron chi connectivity index (χ2n) is 6.50. The molecule has 3 N–H and O–H groups in total. The van der Waals surface area contributed by atoms with Gasteiger partial charge < -0.3 is 14.7 Å². The van der Waals surface area contributed by atoms with Crippen molar-refractivity contribution in [2.45, 2.75) is 0 Å². The summed E-state index contributed by atoms with van der Waals surface area (Å²) in [4.78, 5) is 30.2. The second kappa shape index (κ2) is 8.72. The van der Waals surface area contributed by atoms with E-state index >= 15 is 0 Å². The molecule has 0 spiro atoms. The number of aromatic nitrogens is 2. The number of carbonyl (C=O) groups excluding carboxylic acids is 2. The standard InChI is InChI=1S/C22H15FN4O3S/c23-16-6-3-14(4-7-16)21(29)30-17-8-1-13(2-9-17)12-24-27-20(28)15-5-10-18-19(11-15)26-22(31)25-18/h1-12H,(H,27,28)(H2,25,26,31)/b24-12-. The van der Waals surface area contributed by atoms with Crippen LogP contribution in [0.3, 0.4) is 0 Å². The zero-order valence-electron chi connectivity index (χ0n) is 15.9. The Morgan fingerprint density at radius 1 is 0.935 bits per heavy atom. The molecule has 0 saturated heterocycles. The summed E-state index contributed by atoms with van der Waals surface area (Å²) in [5.41, 5.74) is 5.36. The first-order chi connectivity index (χ1) is 15.0. The van der Waals surface area contributed by atoms with Gasteiger partial charge in [0, 0.05) is 5.56 Å². The third-order valence-electron chi connectivity index (χ3n) is 4.33. The number of benzene rings is 3. The molecular formula is C22H15FN4O3S. The molecule has 7 nitrogen and oxygen atoms in total. The summed E-state index contributed by atoms with van der Waals surface area (Å²) < 4.78 is 18.7. The van der Waals surface area contributed by atoms with E-state index in [0.717, 1.165) is 11.0 Å². The van der Waals surface area contributed by atoms with Crippen LogP contribution in [-0.4, -0.2) is 28.1 Å². The first-order valence-electron chi connectivity index (χ1n) is 9.11. The molecule has 0 bridgehead atoms. The molecule has 1 amide bonds. The molecule has 4 aromatic rings. The van der Waals surface area contributed by atoms with Crippen LogP contribution in [0.25, 0.3) is 11.0 Å². The van der Waals surface area contributed by atoms with Crippen LogP contribution in [0.5, 0.6) is 5.75 Å². The number of nitrogens with one attached hydrogen (secondary N) is 3. The fourth-order valence-corrected chi connectivity index (χ4v) is 3.00. The summed E-state index contributed by atoms with van der Waals surface area (Å²) in [6.07, 6.45) is 1.46. The molecule has 0 saturated carbocycles. The van der Waals surface area contributed by atoms with Crippen molar-refractivity contribution in [3.8, 4) is 5.75 Å². The summed E-state index contributed by atoms with van der Waals surface area (Å²) in [5.74, 6) is -1.06. The van der Waals surface area contributed by atoms with Gasteiger partial charge in [0.15, 0.2) is 4.77 Å². The van der Waals surface area contributed by atoms with Crippen LogP contribution in [0.15, 0.2) is 71.8 Å². The predicted molar refractivity (Wildman–Crippen MR) is 116 cm³/mol. The lowest BCUT2D eigenvalue weighted by Crippen LogP contribution is -2.17. The normalized spacial score (nSPS) is 11.0. The molecule has 0 aliphatic rings. The van der Waals surface area contributed by atoms with Crippen LogP contribution in [0.2, 0.25) is 0 Å². The van der Waals surface area contributed by atoms with E-state index in [0.29, 0.717) is 21.6 Å². The number of hydrogen-bond donors (Lipinski definition) is 3. The maximum atomic E-state index is 12.9. The van der Waals surface area contributed by atoms with E-state index in [2.05, 4.69) is 20.5 Å². The van der Waals surface area contributed by atoms with Crippen LogP contribution in [0.4, 0.5) is 4.39 Å². The van der Waals surface area contributed by atoms with Crippen LogP contribution in [0, 0.1) is 10.6 Å². The van der Waals surface area contributed by atoms with Crippen molar-refractivity contribution < 1.29 is 18.7 Å². The molecule has 0 unspecified atom stereocenters. The fraction of sp³-hybridized carbons (Fsp3) is 0. The smallest absolute Gasteiger partial charge is 0.343 e. The summed E-state index contributed by atoms with van der Waals surface area (Å²) in [6.45, 7) is 0. The first kappa shape index (κ1) is 20.2. The van der Waals surface area contributed by atoms with Gasteiger partial charge in [0.1, 0.15) is 11.6 Å². The summed E-state index contributed by atoms with van der Waals surface area (Å²) in [6, 6.07) is 16.7. The van der Waals surface area contributed by atoms with E-state index in [1.165, 1.54) is 30.5 Å². The van der Waals surface area contributed by atoms with Gasteiger partial charge in [-0.3, -0.25) is 4.79 Å². The number of imidazole rings is 1. The van der Waals surface area contributed by atoms with Gasteiger partial charge in [-0.05, 0) is 84.5 Å². The summed E-state index contributed by atoms with van der Waals surface area (Å²) in [7, 11) is 0. The minimum atomic E-state index is -0.589. The minimum Gasteiger partial charge on any atom is -0.423 e. The van der Waals surface area contributed by atoms with E-state index in [-0.39, 0.29) is 11.5 Å². The van der Waals surface area contributed by atoms with Gasteiger partial charge in [-0.2, -0.15) is 5.10 Å². The van der Waals surface area contributed by atoms with Gasteiger partial charge in [-0.1, -0.05) is 0 Å². The zero-order chi connectivity index (χ0) is 21.8. The van der Waals surface area contributed by atoms with Gasteiger partial charge in [0.2, 0.25) is 0 Å². The lowest BCUT2D eigenvalue weighted by Gasteiger charge is -2.04. The highest BCUT2D eigenvalue weighted by Gasteiger charge is 2.09. The fourth-order valence-electron chi connectivity index (χ4n) is 2.78. The van der Waals surface area contributed by atoms with Crippen LogP contribution in [0.1, 0.15) is 26.3 Å². The van der Waals surface area contributed by atoms with Gasteiger partial charge in [0.05, 0.1) is 22.8 Å². The predicted octanol–water partition coefficient (Wildman–Crippen LogP) is 4.35. The van der Waals surface area contributed by atoms with Crippen molar-refractivity contribution in [1.82, 2.24) is 15.4 Å². The number of fused-ring (bicyclic) bond motifs is 1. The van der Waals surface area contributed by atoms with Gasteiger partial charge >= 0.3 is 5.97 Å². The maximum Gasteiger partial charge on any atom is 0.343 e. The van der Waals surface area contributed by atoms with Gasteiger partial charge in [-0.15, -0.1) is 0 Å². The van der Waals surface area contributed by atoms with Crippen LogP contribution in [-0.2, 0) is 0 Å². The molecular weight excluding hydrogens is 419 g/mol. The highest BCUT2D eigenvalue weighted by Crippen LogP contribution is 2.15. The zero-order valence-corrected chi connectivity index (χ0v) is 16.7. The molecule has 0 fully saturated rings. The first-order valence-corrected chi connectivity index (χ1v) is 9.52. The Bertz CT molecular complexity index is 1340. The van der Waals surface area contributed by atoms with Crippen molar-refractivity contribution in [1.29, 1.82) is 0 Å². The topological polar surface area (TPSA) is 99.3 Å². The van der Waals surface area contributed by atoms with E-state index in [1.807, 2.05) is 0 Å². The number of carbonyl (C=O) groups is 2. The Balaban J connectivity index is 1.35. The number of hydrazone groups is 1. The average Bonchev–Trinajstić information content (AvgIpc) is 3.14. The Morgan fingerprint density at radius 3 is 2.35 bits per heavy atom. The highest BCUT2D eigenvalue weighted by molar-refractivity contribution is 7.71. The SMILES string of the molecule is O=C(N/N=C\c1ccc(OC(=O)c2ccc(F)cc2)cc1)c1ccc2[nH]c(=S)[nH]c2c1. The molecule has 9 heteroatoms. The van der Waals surface area contributed by atoms with Crippen molar-refractivity contribution in [3.05, 3.63) is 94.0 Å². The van der Waals surface area contributed by atoms with E-state index in [1.54, 1.807) is 42.5 Å². The number of halogens is 1. The number of esters is 1. The van der Waals surface area contributed by atoms with Crippen molar-refractivity contribution in [2.75, 3.05) is 0 Å². The molecule has 0 atom stereocenters. The van der Waals surface area contributed by atoms with Crippen LogP contribution < -0.4 is 10.2 Å². The van der Waals surface area contributed by atoms with E-state index < -0.39 is 11.8 Å². The summed E-state index contributed by atoms with van der Waals surface area (Å²) in [5, 5.41) is 3.94. The van der Waals surface area contributed by atoms with Crippen molar-refractivity contribution in [3.63, 3.8) is 0 Å². The molecule has 3 aromatic carbocycles. The van der Waals surface area contributed by atoms with Crippen molar-refractivity contribution >= 4 is 41.3 Å². The number of nitrogens with zero attached hydrogens (tertiary/aromatic N) is 1. The highest BCUT2D eigenvalue weighted by atomic mass is 32.1. The third-order valence-corrected chi connectivity index (χ3v) is 4.53. The molecule has 4 rings (SSSR count). The Hall–Kier alpha value is -4.11. The lowest BCUT2D eigenvalue weighted by molar-refractivity contribution is 0.0734. The van der Waals surface area contributed by atoms with Gasteiger partial charge in [0.25, 0.3) is 5.91 Å². The Labute approximate surface area is 180 Å². The largest absolute Gasteiger partial charge is 0.423 e. The maximum absolute atomic E-state index is 12.9. The molecule has 31 heavy (non-hydrogen) atoms. The Kier molecular flexibility index (Phi) is 5.67. The number of rotatable bonds is 5. The quantitative estimate of drug-likeness (QED) is 0.143. The van der Waals surface area contributed by atoms with Crippen LogP contribution >= 0.6 is 12.2 Å². The lowest BCUT2D eigenvalue weighted by atomic mass is 10.2. The van der Waals surface area contributed by atoms with Gasteiger partial charge in [-0.25, -0.2) is 14.6 Å². The third kappa shape index (κ3) is 4.90. The number of ether oxygens (including phenoxy) is 1. The van der Waals surface area contributed by atoms with Crippen molar-refractivity contribution in [2.24, 2.45) is 5.10 Å². The molecule has 0 radical (unpaired) electrons. The number of aromatic amines is 2. The van der Waals surface area contributed by atoms with E-state index in [9.17, 15) is 14.0 Å². The van der Waals surface area contributed by atoms with E-state index in [4.69, 9.17) is 17.0 Å².